The van der Waals surface area contributed by atoms with E-state index < -0.39 is 0 Å². The number of piperidine rings is 1. The first-order valence-electron chi connectivity index (χ1n) is 9.14. The van der Waals surface area contributed by atoms with E-state index in [0.717, 1.165) is 37.2 Å². The molecule has 1 amide bonds. The van der Waals surface area contributed by atoms with Gasteiger partial charge in [0.15, 0.2) is 0 Å². The van der Waals surface area contributed by atoms with Crippen LogP contribution in [0.5, 0.6) is 0 Å². The van der Waals surface area contributed by atoms with Crippen LogP contribution in [0.3, 0.4) is 0 Å². The molecule has 128 valence electrons. The Hall–Kier alpha value is -2.11. The van der Waals surface area contributed by atoms with Gasteiger partial charge in [-0.2, -0.15) is 10.2 Å². The van der Waals surface area contributed by atoms with Crippen molar-refractivity contribution < 1.29 is 4.79 Å². The first kappa shape index (κ1) is 15.4. The van der Waals surface area contributed by atoms with Crippen molar-refractivity contribution in [3.05, 3.63) is 35.9 Å². The molecule has 0 bridgehead atoms. The highest BCUT2D eigenvalue weighted by Crippen LogP contribution is 2.34. The van der Waals surface area contributed by atoms with E-state index in [1.807, 2.05) is 21.8 Å². The van der Waals surface area contributed by atoms with E-state index in [1.165, 1.54) is 32.1 Å². The summed E-state index contributed by atoms with van der Waals surface area (Å²) in [7, 11) is 0. The lowest BCUT2D eigenvalue weighted by molar-refractivity contribution is 0.0671. The van der Waals surface area contributed by atoms with Crippen LogP contribution in [0.1, 0.15) is 73.0 Å². The minimum atomic E-state index is 0.126. The summed E-state index contributed by atoms with van der Waals surface area (Å²) in [6.07, 6.45) is 13.8. The SMILES string of the molecule is O=C(c1cn[nH]c1C1CCCCC1)N1CCCC(n2cccn2)C1. The lowest BCUT2D eigenvalue weighted by Crippen LogP contribution is -2.41. The molecule has 2 aromatic heterocycles. The zero-order valence-corrected chi connectivity index (χ0v) is 14.0. The normalized spacial score (nSPS) is 22.7. The van der Waals surface area contributed by atoms with Gasteiger partial charge in [0, 0.05) is 31.4 Å². The highest BCUT2D eigenvalue weighted by molar-refractivity contribution is 5.95. The quantitative estimate of drug-likeness (QED) is 0.942. The summed E-state index contributed by atoms with van der Waals surface area (Å²) >= 11 is 0. The van der Waals surface area contributed by atoms with E-state index in [-0.39, 0.29) is 11.9 Å². The number of hydrogen-bond acceptors (Lipinski definition) is 3. The predicted molar refractivity (Wildman–Crippen MR) is 90.8 cm³/mol. The maximum absolute atomic E-state index is 13.1. The number of nitrogens with one attached hydrogen (secondary N) is 1. The van der Waals surface area contributed by atoms with Gasteiger partial charge in [-0.15, -0.1) is 0 Å². The van der Waals surface area contributed by atoms with Crippen LogP contribution in [0, 0.1) is 0 Å². The standard InChI is InChI=1S/C18H25N5O/c24-18(16-12-19-21-17(16)14-6-2-1-3-7-14)22-10-4-8-15(13-22)23-11-5-9-20-23/h5,9,11-12,14-15H,1-4,6-8,10,13H2,(H,19,21). The Kier molecular flexibility index (Phi) is 4.36. The molecule has 2 fully saturated rings. The Labute approximate surface area is 142 Å². The van der Waals surface area contributed by atoms with E-state index in [2.05, 4.69) is 15.3 Å². The number of carbonyl (C=O) groups is 1. The van der Waals surface area contributed by atoms with E-state index in [1.54, 1.807) is 12.4 Å². The number of likely N-dealkylation sites (tertiary alicyclic amines) is 1. The number of carbonyl (C=O) groups excluding carboxylic acids is 1. The predicted octanol–water partition coefficient (Wildman–Crippen LogP) is 3.13. The molecule has 1 aliphatic heterocycles. The molecule has 2 aromatic rings. The third kappa shape index (κ3) is 2.97. The van der Waals surface area contributed by atoms with Gasteiger partial charge in [0.1, 0.15) is 0 Å². The van der Waals surface area contributed by atoms with Crippen LogP contribution in [-0.4, -0.2) is 43.9 Å². The number of nitrogens with zero attached hydrogens (tertiary/aromatic N) is 4. The number of H-pyrrole nitrogens is 1. The molecule has 4 rings (SSSR count). The number of amides is 1. The van der Waals surface area contributed by atoms with Crippen LogP contribution < -0.4 is 0 Å². The average molecular weight is 327 g/mol. The van der Waals surface area contributed by atoms with E-state index in [4.69, 9.17) is 0 Å². The minimum absolute atomic E-state index is 0.126. The first-order chi connectivity index (χ1) is 11.8. The van der Waals surface area contributed by atoms with Crippen molar-refractivity contribution in [2.24, 2.45) is 0 Å². The molecule has 1 N–H and O–H groups in total. The van der Waals surface area contributed by atoms with Gasteiger partial charge in [-0.05, 0) is 31.7 Å². The van der Waals surface area contributed by atoms with Gasteiger partial charge in [-0.25, -0.2) is 0 Å². The Morgan fingerprint density at radius 1 is 1.17 bits per heavy atom. The molecule has 2 aliphatic rings. The van der Waals surface area contributed by atoms with Crippen molar-refractivity contribution in [2.45, 2.75) is 56.9 Å². The van der Waals surface area contributed by atoms with Crippen LogP contribution in [0.4, 0.5) is 0 Å². The molecule has 0 spiro atoms. The summed E-state index contributed by atoms with van der Waals surface area (Å²) in [5, 5.41) is 11.7. The highest BCUT2D eigenvalue weighted by Gasteiger charge is 2.30. The van der Waals surface area contributed by atoms with Gasteiger partial charge in [0.2, 0.25) is 0 Å². The van der Waals surface area contributed by atoms with Crippen LogP contribution in [0.15, 0.2) is 24.7 Å². The second kappa shape index (κ2) is 6.79. The summed E-state index contributed by atoms with van der Waals surface area (Å²) in [6, 6.07) is 2.22. The van der Waals surface area contributed by atoms with Crippen molar-refractivity contribution in [2.75, 3.05) is 13.1 Å². The summed E-state index contributed by atoms with van der Waals surface area (Å²) in [5.41, 5.74) is 1.84. The topological polar surface area (TPSA) is 66.8 Å². The third-order valence-electron chi connectivity index (χ3n) is 5.50. The Morgan fingerprint density at radius 3 is 2.83 bits per heavy atom. The van der Waals surface area contributed by atoms with E-state index in [9.17, 15) is 4.79 Å². The van der Waals surface area contributed by atoms with Gasteiger partial charge >= 0.3 is 0 Å². The number of rotatable bonds is 3. The van der Waals surface area contributed by atoms with Crippen molar-refractivity contribution >= 4 is 5.91 Å². The fraction of sp³-hybridized carbons (Fsp3) is 0.611. The maximum atomic E-state index is 13.1. The molecule has 6 nitrogen and oxygen atoms in total. The van der Waals surface area contributed by atoms with Crippen LogP contribution >= 0.6 is 0 Å². The molecular weight excluding hydrogens is 302 g/mol. The molecule has 1 saturated carbocycles. The highest BCUT2D eigenvalue weighted by atomic mass is 16.2. The van der Waals surface area contributed by atoms with Gasteiger partial charge in [0.05, 0.1) is 23.5 Å². The molecule has 0 radical (unpaired) electrons. The molecule has 1 aliphatic carbocycles. The Balaban J connectivity index is 1.50. The van der Waals surface area contributed by atoms with Crippen molar-refractivity contribution in [1.82, 2.24) is 24.9 Å². The molecule has 3 heterocycles. The minimum Gasteiger partial charge on any atom is -0.336 e. The Morgan fingerprint density at radius 2 is 2.04 bits per heavy atom. The van der Waals surface area contributed by atoms with Crippen molar-refractivity contribution in [3.63, 3.8) is 0 Å². The zero-order chi connectivity index (χ0) is 16.4. The Bertz CT molecular complexity index is 671. The van der Waals surface area contributed by atoms with Crippen LogP contribution in [0.2, 0.25) is 0 Å². The molecule has 1 unspecified atom stereocenters. The number of hydrogen-bond donors (Lipinski definition) is 1. The lowest BCUT2D eigenvalue weighted by atomic mass is 9.85. The zero-order valence-electron chi connectivity index (χ0n) is 14.0. The van der Waals surface area contributed by atoms with Gasteiger partial charge < -0.3 is 4.90 Å². The second-order valence-corrected chi connectivity index (χ2v) is 7.07. The fourth-order valence-electron chi connectivity index (χ4n) is 4.19. The molecule has 1 saturated heterocycles. The molecule has 1 atom stereocenters. The molecule has 24 heavy (non-hydrogen) atoms. The molecular formula is C18H25N5O. The fourth-order valence-corrected chi connectivity index (χ4v) is 4.19. The second-order valence-electron chi connectivity index (χ2n) is 7.07. The maximum Gasteiger partial charge on any atom is 0.257 e. The summed E-state index contributed by atoms with van der Waals surface area (Å²) in [5.74, 6) is 0.591. The van der Waals surface area contributed by atoms with Gasteiger partial charge in [0.25, 0.3) is 5.91 Å². The summed E-state index contributed by atoms with van der Waals surface area (Å²) < 4.78 is 1.98. The van der Waals surface area contributed by atoms with Gasteiger partial charge in [-0.3, -0.25) is 14.6 Å². The lowest BCUT2D eigenvalue weighted by Gasteiger charge is -2.33. The molecule has 0 aromatic carbocycles. The number of aromatic nitrogens is 4. The van der Waals surface area contributed by atoms with Crippen molar-refractivity contribution in [1.29, 1.82) is 0 Å². The van der Waals surface area contributed by atoms with Crippen LogP contribution in [-0.2, 0) is 0 Å². The third-order valence-corrected chi connectivity index (χ3v) is 5.50. The summed E-state index contributed by atoms with van der Waals surface area (Å²) in [4.78, 5) is 15.1. The first-order valence-corrected chi connectivity index (χ1v) is 9.14. The van der Waals surface area contributed by atoms with Crippen LogP contribution in [0.25, 0.3) is 0 Å². The van der Waals surface area contributed by atoms with E-state index >= 15 is 0 Å². The van der Waals surface area contributed by atoms with Crippen molar-refractivity contribution in [3.8, 4) is 0 Å². The smallest absolute Gasteiger partial charge is 0.257 e. The summed E-state index contributed by atoms with van der Waals surface area (Å²) in [6.45, 7) is 1.56. The van der Waals surface area contributed by atoms with E-state index in [0.29, 0.717) is 5.92 Å². The monoisotopic (exact) mass is 327 g/mol. The van der Waals surface area contributed by atoms with Gasteiger partial charge in [-0.1, -0.05) is 19.3 Å². The number of aromatic amines is 1. The largest absolute Gasteiger partial charge is 0.336 e. The molecule has 6 heteroatoms. The average Bonchev–Trinajstić information content (AvgIpc) is 3.34.